The van der Waals surface area contributed by atoms with E-state index >= 15 is 0 Å². The number of fused-ring (bicyclic) bond motifs is 1. The molecule has 2 N–H and O–H groups in total. The van der Waals surface area contributed by atoms with Crippen molar-refractivity contribution in [3.05, 3.63) is 48.0 Å². The topological polar surface area (TPSA) is 114 Å². The number of ether oxygens (including phenoxy) is 2. The Bertz CT molecular complexity index is 1150. The van der Waals surface area contributed by atoms with Gasteiger partial charge in [-0.15, -0.1) is 0 Å². The number of carbonyl (C=O) groups is 2. The van der Waals surface area contributed by atoms with Gasteiger partial charge in [-0.1, -0.05) is 12.1 Å². The average molecular weight is 474 g/mol. The molecule has 2 aliphatic rings. The van der Waals surface area contributed by atoms with Crippen molar-refractivity contribution in [1.82, 2.24) is 9.62 Å². The Morgan fingerprint density at radius 1 is 1.24 bits per heavy atom. The van der Waals surface area contributed by atoms with Gasteiger partial charge in [0, 0.05) is 13.1 Å². The first kappa shape index (κ1) is 23.1. The SMILES string of the molecule is CC(C)Oc1ccc(CNC(=O)[C@@H]2CCCN2S(=O)(=O)c2ccc3c(c2)NC(=O)CO3)cc1. The molecule has 2 aromatic carbocycles. The lowest BCUT2D eigenvalue weighted by Crippen LogP contribution is -2.45. The first-order chi connectivity index (χ1) is 15.7. The third-order valence-corrected chi connectivity index (χ3v) is 7.36. The Morgan fingerprint density at radius 2 is 2.00 bits per heavy atom. The van der Waals surface area contributed by atoms with Crippen LogP contribution in [0.5, 0.6) is 11.5 Å². The Morgan fingerprint density at radius 3 is 2.73 bits per heavy atom. The molecule has 2 heterocycles. The van der Waals surface area contributed by atoms with E-state index in [1.807, 2.05) is 38.1 Å². The predicted molar refractivity (Wildman–Crippen MR) is 122 cm³/mol. The molecule has 0 bridgehead atoms. The maximum atomic E-state index is 13.3. The lowest BCUT2D eigenvalue weighted by molar-refractivity contribution is -0.124. The van der Waals surface area contributed by atoms with Crippen LogP contribution in [0.25, 0.3) is 0 Å². The molecule has 0 saturated carbocycles. The molecule has 2 amide bonds. The second-order valence-electron chi connectivity index (χ2n) is 8.30. The number of nitrogens with zero attached hydrogens (tertiary/aromatic N) is 1. The summed E-state index contributed by atoms with van der Waals surface area (Å²) in [7, 11) is -3.93. The van der Waals surface area contributed by atoms with E-state index in [9.17, 15) is 18.0 Å². The van der Waals surface area contributed by atoms with Crippen molar-refractivity contribution in [1.29, 1.82) is 0 Å². The van der Waals surface area contributed by atoms with Crippen molar-refractivity contribution in [3.8, 4) is 11.5 Å². The van der Waals surface area contributed by atoms with Crippen LogP contribution in [0.3, 0.4) is 0 Å². The molecular formula is C23H27N3O6S. The number of nitrogens with one attached hydrogen (secondary N) is 2. The van der Waals surface area contributed by atoms with Crippen LogP contribution in [0, 0.1) is 0 Å². The normalized spacial score (nSPS) is 18.4. The molecule has 1 atom stereocenters. The standard InChI is InChI=1S/C23H27N3O6S/c1-15(2)32-17-7-5-16(6-8-17)13-24-23(28)20-4-3-11-26(20)33(29,30)18-9-10-21-19(12-18)25-22(27)14-31-21/h5-10,12,15,20H,3-4,11,13-14H2,1-2H3,(H,24,28)(H,25,27)/t20-/m0/s1. The van der Waals surface area contributed by atoms with Gasteiger partial charge in [0.05, 0.1) is 16.7 Å². The van der Waals surface area contributed by atoms with Gasteiger partial charge in [0.25, 0.3) is 5.91 Å². The zero-order valence-corrected chi connectivity index (χ0v) is 19.4. The number of hydrogen-bond donors (Lipinski definition) is 2. The summed E-state index contributed by atoms with van der Waals surface area (Å²) in [5.41, 5.74) is 1.19. The predicted octanol–water partition coefficient (Wildman–Crippen LogP) is 2.27. The van der Waals surface area contributed by atoms with Crippen LogP contribution in [0.1, 0.15) is 32.3 Å². The molecule has 4 rings (SSSR count). The summed E-state index contributed by atoms with van der Waals surface area (Å²) in [5.74, 6) is 0.473. The number of sulfonamides is 1. The molecule has 0 aliphatic carbocycles. The van der Waals surface area contributed by atoms with Gasteiger partial charge in [0.1, 0.15) is 17.5 Å². The van der Waals surface area contributed by atoms with Crippen LogP contribution in [-0.4, -0.2) is 49.8 Å². The van der Waals surface area contributed by atoms with E-state index in [4.69, 9.17) is 9.47 Å². The van der Waals surface area contributed by atoms with E-state index in [1.165, 1.54) is 22.5 Å². The number of anilines is 1. The molecule has 0 radical (unpaired) electrons. The molecule has 0 unspecified atom stereocenters. The van der Waals surface area contributed by atoms with Crippen LogP contribution in [-0.2, 0) is 26.2 Å². The highest BCUT2D eigenvalue weighted by Gasteiger charge is 2.39. The summed E-state index contributed by atoms with van der Waals surface area (Å²) in [6.45, 7) is 4.32. The van der Waals surface area contributed by atoms with Crippen LogP contribution in [0.2, 0.25) is 0 Å². The fourth-order valence-corrected chi connectivity index (χ4v) is 5.60. The number of carbonyl (C=O) groups excluding carboxylic acids is 2. The van der Waals surface area contributed by atoms with E-state index < -0.39 is 16.1 Å². The van der Waals surface area contributed by atoms with Crippen molar-refractivity contribution in [2.45, 2.75) is 50.3 Å². The van der Waals surface area contributed by atoms with E-state index in [-0.39, 0.29) is 42.5 Å². The van der Waals surface area contributed by atoms with Gasteiger partial charge in [-0.25, -0.2) is 8.42 Å². The highest BCUT2D eigenvalue weighted by molar-refractivity contribution is 7.89. The first-order valence-corrected chi connectivity index (χ1v) is 12.3. The minimum Gasteiger partial charge on any atom is -0.491 e. The van der Waals surface area contributed by atoms with Crippen molar-refractivity contribution < 1.29 is 27.5 Å². The van der Waals surface area contributed by atoms with Crippen molar-refractivity contribution in [2.75, 3.05) is 18.5 Å². The molecule has 1 fully saturated rings. The van der Waals surface area contributed by atoms with Gasteiger partial charge >= 0.3 is 0 Å². The van der Waals surface area contributed by atoms with Gasteiger partial charge in [-0.2, -0.15) is 4.31 Å². The molecule has 0 spiro atoms. The lowest BCUT2D eigenvalue weighted by atomic mass is 10.2. The Labute approximate surface area is 193 Å². The third-order valence-electron chi connectivity index (χ3n) is 5.46. The van der Waals surface area contributed by atoms with E-state index in [2.05, 4.69) is 10.6 Å². The smallest absolute Gasteiger partial charge is 0.262 e. The van der Waals surface area contributed by atoms with Crippen LogP contribution >= 0.6 is 0 Å². The summed E-state index contributed by atoms with van der Waals surface area (Å²) in [4.78, 5) is 24.5. The molecule has 9 nitrogen and oxygen atoms in total. The fraction of sp³-hybridized carbons (Fsp3) is 0.391. The fourth-order valence-electron chi connectivity index (χ4n) is 3.91. The van der Waals surface area contributed by atoms with Gasteiger partial charge in [-0.3, -0.25) is 9.59 Å². The number of rotatable bonds is 7. The summed E-state index contributed by atoms with van der Waals surface area (Å²) in [6, 6.07) is 10.9. The molecule has 1 saturated heterocycles. The highest BCUT2D eigenvalue weighted by Crippen LogP contribution is 2.33. The van der Waals surface area contributed by atoms with Crippen LogP contribution in [0.4, 0.5) is 5.69 Å². The maximum Gasteiger partial charge on any atom is 0.262 e. The second-order valence-corrected chi connectivity index (χ2v) is 10.2. The number of hydrogen-bond acceptors (Lipinski definition) is 6. The van der Waals surface area contributed by atoms with Crippen LogP contribution < -0.4 is 20.1 Å². The minimum atomic E-state index is -3.93. The van der Waals surface area contributed by atoms with Crippen molar-refractivity contribution >= 4 is 27.5 Å². The summed E-state index contributed by atoms with van der Waals surface area (Å²) < 4.78 is 38.7. The summed E-state index contributed by atoms with van der Waals surface area (Å²) >= 11 is 0. The molecule has 176 valence electrons. The van der Waals surface area contributed by atoms with Gasteiger partial charge in [0.2, 0.25) is 15.9 Å². The minimum absolute atomic E-state index is 0.00694. The molecule has 10 heteroatoms. The number of benzene rings is 2. The zero-order valence-electron chi connectivity index (χ0n) is 18.5. The molecule has 33 heavy (non-hydrogen) atoms. The van der Waals surface area contributed by atoms with Gasteiger partial charge in [-0.05, 0) is 62.6 Å². The van der Waals surface area contributed by atoms with Gasteiger partial charge < -0.3 is 20.1 Å². The monoisotopic (exact) mass is 473 g/mol. The van der Waals surface area contributed by atoms with E-state index in [1.54, 1.807) is 0 Å². The van der Waals surface area contributed by atoms with Crippen LogP contribution in [0.15, 0.2) is 47.4 Å². The third kappa shape index (κ3) is 5.12. The largest absolute Gasteiger partial charge is 0.491 e. The second kappa shape index (κ2) is 9.40. The summed E-state index contributed by atoms with van der Waals surface area (Å²) in [5, 5.41) is 5.46. The highest BCUT2D eigenvalue weighted by atomic mass is 32.2. The van der Waals surface area contributed by atoms with E-state index in [0.717, 1.165) is 11.3 Å². The quantitative estimate of drug-likeness (QED) is 0.638. The molecular weight excluding hydrogens is 446 g/mol. The van der Waals surface area contributed by atoms with Crippen molar-refractivity contribution in [3.63, 3.8) is 0 Å². The van der Waals surface area contributed by atoms with Gasteiger partial charge in [0.15, 0.2) is 6.61 Å². The maximum absolute atomic E-state index is 13.3. The van der Waals surface area contributed by atoms with Crippen molar-refractivity contribution in [2.24, 2.45) is 0 Å². The lowest BCUT2D eigenvalue weighted by Gasteiger charge is -2.24. The van der Waals surface area contributed by atoms with E-state index in [0.29, 0.717) is 24.3 Å². The summed E-state index contributed by atoms with van der Waals surface area (Å²) in [6.07, 6.45) is 1.10. The first-order valence-electron chi connectivity index (χ1n) is 10.9. The Hall–Kier alpha value is -3.11. The average Bonchev–Trinajstić information content (AvgIpc) is 3.28. The molecule has 2 aromatic rings. The Balaban J connectivity index is 1.44. The molecule has 0 aromatic heterocycles. The zero-order chi connectivity index (χ0) is 23.6. The Kier molecular flexibility index (Phi) is 6.57. The number of amides is 2. The molecule has 2 aliphatic heterocycles.